The van der Waals surface area contributed by atoms with Crippen molar-refractivity contribution < 1.29 is 13.9 Å². The Hall–Kier alpha value is -2.75. The first-order chi connectivity index (χ1) is 10.6. The molecule has 0 amide bonds. The first-order valence-corrected chi connectivity index (χ1v) is 6.90. The van der Waals surface area contributed by atoms with Crippen LogP contribution in [0.4, 0.5) is 0 Å². The molecule has 0 saturated heterocycles. The van der Waals surface area contributed by atoms with Crippen LogP contribution in [0.5, 0.6) is 11.5 Å². The molecule has 0 aliphatic carbocycles. The predicted octanol–water partition coefficient (Wildman–Crippen LogP) is 3.79. The number of aryl methyl sites for hydroxylation is 1. The minimum atomic E-state index is -0.380. The van der Waals surface area contributed by atoms with Crippen molar-refractivity contribution in [3.8, 4) is 22.6 Å². The molecule has 0 atom stereocenters. The number of methoxy groups -OCH3 is 2. The molecule has 0 aliphatic heterocycles. The van der Waals surface area contributed by atoms with Gasteiger partial charge in [0, 0.05) is 17.0 Å². The molecule has 2 aromatic carbocycles. The van der Waals surface area contributed by atoms with Crippen molar-refractivity contribution in [3.05, 3.63) is 58.4 Å². The molecule has 1 heterocycles. The molecule has 0 radical (unpaired) electrons. The summed E-state index contributed by atoms with van der Waals surface area (Å²) in [7, 11) is 3.22. The number of hydrogen-bond acceptors (Lipinski definition) is 4. The summed E-state index contributed by atoms with van der Waals surface area (Å²) in [6, 6.07) is 12.9. The second kappa shape index (κ2) is 5.56. The maximum atomic E-state index is 11.9. The molecule has 4 heteroatoms. The van der Waals surface area contributed by atoms with E-state index in [1.165, 1.54) is 6.07 Å². The molecule has 0 aliphatic rings. The quantitative estimate of drug-likeness (QED) is 0.690. The predicted molar refractivity (Wildman–Crippen MR) is 85.8 cm³/mol. The lowest BCUT2D eigenvalue weighted by atomic mass is 10.00. The van der Waals surface area contributed by atoms with Crippen molar-refractivity contribution in [2.75, 3.05) is 14.2 Å². The van der Waals surface area contributed by atoms with Gasteiger partial charge in [-0.2, -0.15) is 0 Å². The summed E-state index contributed by atoms with van der Waals surface area (Å²) < 4.78 is 15.8. The van der Waals surface area contributed by atoms with Crippen molar-refractivity contribution >= 4 is 11.0 Å². The van der Waals surface area contributed by atoms with Gasteiger partial charge < -0.3 is 13.9 Å². The van der Waals surface area contributed by atoms with Gasteiger partial charge in [-0.3, -0.25) is 0 Å². The van der Waals surface area contributed by atoms with Gasteiger partial charge in [0.2, 0.25) is 0 Å². The molecule has 0 unspecified atom stereocenters. The van der Waals surface area contributed by atoms with E-state index in [0.717, 1.165) is 27.8 Å². The summed E-state index contributed by atoms with van der Waals surface area (Å²) in [5, 5.41) is 0.878. The fraction of sp³-hybridized carbons (Fsp3) is 0.167. The van der Waals surface area contributed by atoms with E-state index in [0.29, 0.717) is 11.3 Å². The van der Waals surface area contributed by atoms with Crippen LogP contribution in [0.25, 0.3) is 22.1 Å². The van der Waals surface area contributed by atoms with Crippen LogP contribution >= 0.6 is 0 Å². The lowest BCUT2D eigenvalue weighted by Gasteiger charge is -2.10. The average Bonchev–Trinajstić information content (AvgIpc) is 2.55. The molecule has 0 fully saturated rings. The third-order valence-corrected chi connectivity index (χ3v) is 3.73. The molecule has 0 saturated carbocycles. The highest BCUT2D eigenvalue weighted by Crippen LogP contribution is 2.33. The Bertz CT molecular complexity index is 876. The monoisotopic (exact) mass is 296 g/mol. The smallest absolute Gasteiger partial charge is 0.336 e. The number of hydrogen-bond donors (Lipinski definition) is 0. The normalized spacial score (nSPS) is 10.7. The van der Waals surface area contributed by atoms with Crippen LogP contribution in [-0.2, 0) is 0 Å². The van der Waals surface area contributed by atoms with E-state index in [1.54, 1.807) is 14.2 Å². The van der Waals surface area contributed by atoms with Gasteiger partial charge in [0.15, 0.2) is 0 Å². The van der Waals surface area contributed by atoms with Crippen LogP contribution in [0.2, 0.25) is 0 Å². The van der Waals surface area contributed by atoms with Gasteiger partial charge in [-0.15, -0.1) is 0 Å². The van der Waals surface area contributed by atoms with Gasteiger partial charge in [0.25, 0.3) is 0 Å². The van der Waals surface area contributed by atoms with Crippen LogP contribution in [0.15, 0.2) is 51.7 Å². The number of ether oxygens (including phenoxy) is 2. The highest BCUT2D eigenvalue weighted by atomic mass is 16.5. The Balaban J connectivity index is 2.29. The second-order valence-corrected chi connectivity index (χ2v) is 4.98. The minimum absolute atomic E-state index is 0.380. The van der Waals surface area contributed by atoms with E-state index < -0.39 is 0 Å². The molecular formula is C18H16O4. The van der Waals surface area contributed by atoms with Crippen LogP contribution in [0.3, 0.4) is 0 Å². The van der Waals surface area contributed by atoms with Crippen LogP contribution < -0.4 is 15.1 Å². The Kier molecular flexibility index (Phi) is 3.59. The third kappa shape index (κ3) is 2.33. The topological polar surface area (TPSA) is 48.7 Å². The standard InChI is InChI=1S/C18H16O4/c1-11-16(21-3)9-8-14-15(10-17(19)22-18(11)14)12-4-6-13(20-2)7-5-12/h4-10H,1-3H3. The van der Waals surface area contributed by atoms with Gasteiger partial charge in [-0.1, -0.05) is 12.1 Å². The lowest BCUT2D eigenvalue weighted by molar-refractivity contribution is 0.410. The van der Waals surface area contributed by atoms with E-state index in [9.17, 15) is 4.79 Å². The van der Waals surface area contributed by atoms with Gasteiger partial charge in [-0.25, -0.2) is 4.79 Å². The fourth-order valence-electron chi connectivity index (χ4n) is 2.57. The van der Waals surface area contributed by atoms with E-state index in [1.807, 2.05) is 43.3 Å². The zero-order valence-corrected chi connectivity index (χ0v) is 12.7. The first kappa shape index (κ1) is 14.2. The number of fused-ring (bicyclic) bond motifs is 1. The molecule has 1 aromatic heterocycles. The summed E-state index contributed by atoms with van der Waals surface area (Å²) in [6.07, 6.45) is 0. The summed E-state index contributed by atoms with van der Waals surface area (Å²) in [6.45, 7) is 1.88. The maximum Gasteiger partial charge on any atom is 0.336 e. The van der Waals surface area contributed by atoms with Crippen molar-refractivity contribution in [2.45, 2.75) is 6.92 Å². The molecule has 0 bridgehead atoms. The van der Waals surface area contributed by atoms with Crippen LogP contribution in [0.1, 0.15) is 5.56 Å². The van der Waals surface area contributed by atoms with E-state index in [4.69, 9.17) is 13.9 Å². The van der Waals surface area contributed by atoms with Crippen molar-refractivity contribution in [1.82, 2.24) is 0 Å². The molecule has 0 N–H and O–H groups in total. The Morgan fingerprint density at radius 3 is 2.32 bits per heavy atom. The van der Waals surface area contributed by atoms with E-state index >= 15 is 0 Å². The van der Waals surface area contributed by atoms with Gasteiger partial charge >= 0.3 is 5.63 Å². The Morgan fingerprint density at radius 1 is 0.955 bits per heavy atom. The average molecular weight is 296 g/mol. The SMILES string of the molecule is COc1ccc(-c2cc(=O)oc3c(C)c(OC)ccc23)cc1. The summed E-state index contributed by atoms with van der Waals surface area (Å²) in [5.41, 5.74) is 2.75. The Labute approximate surface area is 127 Å². The fourth-order valence-corrected chi connectivity index (χ4v) is 2.57. The van der Waals surface area contributed by atoms with E-state index in [-0.39, 0.29) is 5.63 Å². The molecule has 22 heavy (non-hydrogen) atoms. The molecule has 3 aromatic rings. The largest absolute Gasteiger partial charge is 0.497 e. The van der Waals surface area contributed by atoms with Crippen molar-refractivity contribution in [2.24, 2.45) is 0 Å². The van der Waals surface area contributed by atoms with Crippen molar-refractivity contribution in [1.29, 1.82) is 0 Å². The molecule has 3 rings (SSSR count). The molecular weight excluding hydrogens is 280 g/mol. The first-order valence-electron chi connectivity index (χ1n) is 6.90. The summed E-state index contributed by atoms with van der Waals surface area (Å²) in [4.78, 5) is 11.9. The third-order valence-electron chi connectivity index (χ3n) is 3.73. The van der Waals surface area contributed by atoms with E-state index in [2.05, 4.69) is 0 Å². The summed E-state index contributed by atoms with van der Waals surface area (Å²) in [5.74, 6) is 1.47. The molecule has 112 valence electrons. The minimum Gasteiger partial charge on any atom is -0.497 e. The number of rotatable bonds is 3. The summed E-state index contributed by atoms with van der Waals surface area (Å²) >= 11 is 0. The zero-order valence-electron chi connectivity index (χ0n) is 12.7. The highest BCUT2D eigenvalue weighted by molar-refractivity contribution is 5.95. The number of benzene rings is 2. The van der Waals surface area contributed by atoms with Crippen LogP contribution in [-0.4, -0.2) is 14.2 Å². The maximum absolute atomic E-state index is 11.9. The van der Waals surface area contributed by atoms with Crippen molar-refractivity contribution in [3.63, 3.8) is 0 Å². The molecule has 0 spiro atoms. The zero-order chi connectivity index (χ0) is 15.7. The second-order valence-electron chi connectivity index (χ2n) is 4.98. The van der Waals surface area contributed by atoms with Gasteiger partial charge in [0.05, 0.1) is 14.2 Å². The van der Waals surface area contributed by atoms with Gasteiger partial charge in [-0.05, 0) is 42.3 Å². The highest BCUT2D eigenvalue weighted by Gasteiger charge is 2.12. The Morgan fingerprint density at radius 2 is 1.68 bits per heavy atom. The lowest BCUT2D eigenvalue weighted by Crippen LogP contribution is -2.00. The molecule has 4 nitrogen and oxygen atoms in total. The van der Waals surface area contributed by atoms with Crippen LogP contribution in [0, 0.1) is 6.92 Å². The van der Waals surface area contributed by atoms with Gasteiger partial charge in [0.1, 0.15) is 17.1 Å².